The third-order valence-electron chi connectivity index (χ3n) is 2.72. The first-order valence-corrected chi connectivity index (χ1v) is 5.27. The van der Waals surface area contributed by atoms with E-state index in [4.69, 9.17) is 5.11 Å². The number of rotatable bonds is 2. The molecule has 2 aromatic rings. The fraction of sp³-hybridized carbons (Fsp3) is 0.300. The van der Waals surface area contributed by atoms with E-state index in [1.54, 1.807) is 0 Å². The van der Waals surface area contributed by atoms with Gasteiger partial charge in [-0.1, -0.05) is 0 Å². The van der Waals surface area contributed by atoms with Gasteiger partial charge in [0.05, 0.1) is 0 Å². The second-order valence-electron chi connectivity index (χ2n) is 3.85. The Morgan fingerprint density at radius 1 is 1.21 bits per heavy atom. The molecule has 19 heavy (non-hydrogen) atoms. The maximum absolute atomic E-state index is 11.9. The number of nitrogens with zero attached hydrogens (tertiary/aromatic N) is 4. The fourth-order valence-electron chi connectivity index (χ4n) is 1.69. The van der Waals surface area contributed by atoms with Crippen molar-refractivity contribution in [3.63, 3.8) is 0 Å². The third kappa shape index (κ3) is 1.75. The summed E-state index contributed by atoms with van der Waals surface area (Å²) in [5.41, 5.74) is -1.75. The first-order valence-electron chi connectivity index (χ1n) is 5.27. The number of anilines is 1. The number of fused-ring (bicyclic) bond motifs is 1. The van der Waals surface area contributed by atoms with E-state index in [-0.39, 0.29) is 22.7 Å². The van der Waals surface area contributed by atoms with Gasteiger partial charge >= 0.3 is 11.7 Å². The van der Waals surface area contributed by atoms with Gasteiger partial charge in [0.15, 0.2) is 22.7 Å². The SMILES string of the molecule is CNc1nc2c(nc1C(=O)O)c(=O)n(C)c(=O)n2C. The van der Waals surface area contributed by atoms with Gasteiger partial charge in [0.25, 0.3) is 5.56 Å². The minimum atomic E-state index is -1.31. The molecule has 0 saturated heterocycles. The molecule has 2 rings (SSSR count). The van der Waals surface area contributed by atoms with E-state index < -0.39 is 17.2 Å². The topological polar surface area (TPSA) is 119 Å². The molecule has 0 unspecified atom stereocenters. The molecule has 0 aliphatic rings. The van der Waals surface area contributed by atoms with Crippen LogP contribution in [0.25, 0.3) is 11.2 Å². The summed E-state index contributed by atoms with van der Waals surface area (Å²) < 4.78 is 1.98. The average Bonchev–Trinajstić information content (AvgIpc) is 2.41. The Morgan fingerprint density at radius 2 is 1.84 bits per heavy atom. The van der Waals surface area contributed by atoms with E-state index in [0.29, 0.717) is 0 Å². The number of carboxylic acid groups (broad SMARTS) is 1. The number of hydrogen-bond donors (Lipinski definition) is 2. The van der Waals surface area contributed by atoms with E-state index in [9.17, 15) is 14.4 Å². The maximum atomic E-state index is 11.9. The van der Waals surface area contributed by atoms with E-state index >= 15 is 0 Å². The van der Waals surface area contributed by atoms with Crippen molar-refractivity contribution < 1.29 is 9.90 Å². The molecule has 2 aromatic heterocycles. The van der Waals surface area contributed by atoms with Crippen LogP contribution in [0.15, 0.2) is 9.59 Å². The zero-order chi connectivity index (χ0) is 14.3. The zero-order valence-corrected chi connectivity index (χ0v) is 10.5. The summed E-state index contributed by atoms with van der Waals surface area (Å²) in [5, 5.41) is 11.6. The van der Waals surface area contributed by atoms with Gasteiger partial charge in [0, 0.05) is 21.1 Å². The first-order chi connectivity index (χ1) is 8.88. The van der Waals surface area contributed by atoms with E-state index in [1.165, 1.54) is 21.1 Å². The Balaban J connectivity index is 3.06. The lowest BCUT2D eigenvalue weighted by atomic mass is 10.3. The van der Waals surface area contributed by atoms with Crippen LogP contribution in [0, 0.1) is 0 Å². The standard InChI is InChI=1S/C10H11N5O4/c1-11-6-4(9(17)18)12-5-7(13-6)14(2)10(19)15(3)8(5)16/h1-3H3,(H,11,13)(H,17,18). The van der Waals surface area contributed by atoms with Crippen LogP contribution in [0.1, 0.15) is 10.5 Å². The van der Waals surface area contributed by atoms with E-state index in [2.05, 4.69) is 15.3 Å². The lowest BCUT2D eigenvalue weighted by Crippen LogP contribution is -2.38. The monoisotopic (exact) mass is 265 g/mol. The number of carbonyl (C=O) groups is 1. The second kappa shape index (κ2) is 4.19. The molecule has 0 atom stereocenters. The Kier molecular flexibility index (Phi) is 2.81. The third-order valence-corrected chi connectivity index (χ3v) is 2.72. The van der Waals surface area contributed by atoms with Crippen molar-refractivity contribution in [2.24, 2.45) is 14.1 Å². The van der Waals surface area contributed by atoms with Crippen LogP contribution in [-0.2, 0) is 14.1 Å². The van der Waals surface area contributed by atoms with Gasteiger partial charge in [0.1, 0.15) is 0 Å². The molecule has 2 N–H and O–H groups in total. The van der Waals surface area contributed by atoms with Crippen molar-refractivity contribution in [2.45, 2.75) is 0 Å². The molecule has 2 heterocycles. The summed E-state index contributed by atoms with van der Waals surface area (Å²) in [5.74, 6) is -1.32. The first kappa shape index (κ1) is 12.7. The fourth-order valence-corrected chi connectivity index (χ4v) is 1.69. The molecule has 0 aromatic carbocycles. The van der Waals surface area contributed by atoms with Gasteiger partial charge in [-0.2, -0.15) is 0 Å². The van der Waals surface area contributed by atoms with Crippen molar-refractivity contribution in [3.05, 3.63) is 26.5 Å². The molecule has 0 bridgehead atoms. The molecule has 0 aliphatic heterocycles. The highest BCUT2D eigenvalue weighted by atomic mass is 16.4. The molecule has 100 valence electrons. The molecular formula is C10H11N5O4. The molecule has 0 saturated carbocycles. The summed E-state index contributed by atoms with van der Waals surface area (Å²) in [6, 6.07) is 0. The van der Waals surface area contributed by atoms with Crippen LogP contribution in [0.2, 0.25) is 0 Å². The van der Waals surface area contributed by atoms with Gasteiger partial charge in [-0.15, -0.1) is 0 Å². The van der Waals surface area contributed by atoms with Gasteiger partial charge in [0.2, 0.25) is 0 Å². The van der Waals surface area contributed by atoms with Crippen LogP contribution >= 0.6 is 0 Å². The predicted octanol–water partition coefficient (Wildman–Crippen LogP) is -1.23. The van der Waals surface area contributed by atoms with Crippen LogP contribution in [0.4, 0.5) is 5.82 Å². The largest absolute Gasteiger partial charge is 0.476 e. The summed E-state index contributed by atoms with van der Waals surface area (Å²) in [6.45, 7) is 0. The van der Waals surface area contributed by atoms with Gasteiger partial charge in [-0.25, -0.2) is 19.6 Å². The summed E-state index contributed by atoms with van der Waals surface area (Å²) in [6.07, 6.45) is 0. The minimum absolute atomic E-state index is 0.0109. The maximum Gasteiger partial charge on any atom is 0.358 e. The number of nitrogens with one attached hydrogen (secondary N) is 1. The van der Waals surface area contributed by atoms with E-state index in [1.807, 2.05) is 0 Å². The van der Waals surface area contributed by atoms with Crippen molar-refractivity contribution in [2.75, 3.05) is 12.4 Å². The Morgan fingerprint density at radius 3 is 2.37 bits per heavy atom. The number of aromatic carboxylic acids is 1. The summed E-state index contributed by atoms with van der Waals surface area (Å²) in [7, 11) is 4.19. The molecule has 0 fully saturated rings. The number of hydrogen-bond acceptors (Lipinski definition) is 6. The summed E-state index contributed by atoms with van der Waals surface area (Å²) >= 11 is 0. The van der Waals surface area contributed by atoms with Crippen LogP contribution in [0.5, 0.6) is 0 Å². The van der Waals surface area contributed by atoms with Gasteiger partial charge < -0.3 is 10.4 Å². The minimum Gasteiger partial charge on any atom is -0.476 e. The summed E-state index contributed by atoms with van der Waals surface area (Å²) in [4.78, 5) is 42.5. The van der Waals surface area contributed by atoms with Gasteiger partial charge in [-0.05, 0) is 0 Å². The smallest absolute Gasteiger partial charge is 0.358 e. The molecule has 0 amide bonds. The van der Waals surface area contributed by atoms with Crippen molar-refractivity contribution in [3.8, 4) is 0 Å². The number of carboxylic acids is 1. The molecule has 9 heteroatoms. The lowest BCUT2D eigenvalue weighted by molar-refractivity contribution is 0.0691. The lowest BCUT2D eigenvalue weighted by Gasteiger charge is -2.09. The van der Waals surface area contributed by atoms with Crippen molar-refractivity contribution >= 4 is 23.0 Å². The Hall–Kier alpha value is -2.71. The second-order valence-corrected chi connectivity index (χ2v) is 3.85. The normalized spacial score (nSPS) is 10.7. The van der Waals surface area contributed by atoms with Crippen LogP contribution < -0.4 is 16.6 Å². The number of aryl methyl sites for hydroxylation is 1. The number of aromatic nitrogens is 4. The van der Waals surface area contributed by atoms with Crippen LogP contribution in [-0.4, -0.2) is 37.2 Å². The van der Waals surface area contributed by atoms with Crippen molar-refractivity contribution in [1.29, 1.82) is 0 Å². The Bertz CT molecular complexity index is 804. The molecule has 0 aliphatic carbocycles. The highest BCUT2D eigenvalue weighted by Crippen LogP contribution is 2.12. The molecule has 0 radical (unpaired) electrons. The van der Waals surface area contributed by atoms with Crippen molar-refractivity contribution in [1.82, 2.24) is 19.1 Å². The van der Waals surface area contributed by atoms with Crippen LogP contribution in [0.3, 0.4) is 0 Å². The van der Waals surface area contributed by atoms with E-state index in [0.717, 1.165) is 9.13 Å². The molecular weight excluding hydrogens is 254 g/mol. The quantitative estimate of drug-likeness (QED) is 0.697. The average molecular weight is 265 g/mol. The highest BCUT2D eigenvalue weighted by Gasteiger charge is 2.19. The molecule has 9 nitrogen and oxygen atoms in total. The predicted molar refractivity (Wildman–Crippen MR) is 66.5 cm³/mol. The highest BCUT2D eigenvalue weighted by molar-refractivity contribution is 5.93. The zero-order valence-electron chi connectivity index (χ0n) is 10.5. The van der Waals surface area contributed by atoms with Gasteiger partial charge in [-0.3, -0.25) is 13.9 Å². The molecule has 0 spiro atoms. The Labute approximate surface area is 106 Å².